The molecule has 2 nitrogen and oxygen atoms in total. The Bertz CT molecular complexity index is 409. The van der Waals surface area contributed by atoms with Crippen LogP contribution < -0.4 is 4.90 Å². The molecule has 15 heavy (non-hydrogen) atoms. The third-order valence-corrected chi connectivity index (χ3v) is 3.75. The molecule has 0 amide bonds. The van der Waals surface area contributed by atoms with Gasteiger partial charge in [-0.3, -0.25) is 0 Å². The third-order valence-electron chi connectivity index (χ3n) is 2.89. The van der Waals surface area contributed by atoms with Crippen molar-refractivity contribution in [3.8, 4) is 6.07 Å². The van der Waals surface area contributed by atoms with Gasteiger partial charge < -0.3 is 4.90 Å². The van der Waals surface area contributed by atoms with E-state index in [-0.39, 0.29) is 5.92 Å². The average Bonchev–Trinajstić information content (AvgIpc) is 2.70. The Morgan fingerprint density at radius 3 is 2.93 bits per heavy atom. The summed E-state index contributed by atoms with van der Waals surface area (Å²) in [5.41, 5.74) is 2.46. The van der Waals surface area contributed by atoms with Crippen molar-refractivity contribution >= 4 is 21.6 Å². The van der Waals surface area contributed by atoms with Gasteiger partial charge in [-0.25, -0.2) is 0 Å². The zero-order valence-electron chi connectivity index (χ0n) is 8.70. The molecule has 0 saturated carbocycles. The summed E-state index contributed by atoms with van der Waals surface area (Å²) in [4.78, 5) is 2.28. The first-order valence-corrected chi connectivity index (χ1v) is 5.90. The van der Waals surface area contributed by atoms with Crippen LogP contribution >= 0.6 is 15.9 Å². The Morgan fingerprint density at radius 1 is 1.53 bits per heavy atom. The van der Waals surface area contributed by atoms with Crippen LogP contribution in [0.2, 0.25) is 0 Å². The van der Waals surface area contributed by atoms with Crippen molar-refractivity contribution in [3.05, 3.63) is 28.2 Å². The predicted octanol–water partition coefficient (Wildman–Crippen LogP) is 3.11. The topological polar surface area (TPSA) is 27.0 Å². The molecule has 0 spiro atoms. The second-order valence-corrected chi connectivity index (χ2v) is 4.85. The molecule has 0 radical (unpaired) electrons. The van der Waals surface area contributed by atoms with Crippen molar-refractivity contribution in [1.29, 1.82) is 5.26 Å². The van der Waals surface area contributed by atoms with Gasteiger partial charge in [0.05, 0.1) is 12.0 Å². The minimum atomic E-state index is 0.199. The molecule has 1 atom stereocenters. The van der Waals surface area contributed by atoms with E-state index in [2.05, 4.69) is 52.0 Å². The normalized spacial score (nSPS) is 20.3. The van der Waals surface area contributed by atoms with Gasteiger partial charge in [0.2, 0.25) is 0 Å². The van der Waals surface area contributed by atoms with E-state index in [9.17, 15) is 0 Å². The monoisotopic (exact) mass is 264 g/mol. The largest absolute Gasteiger partial charge is 0.370 e. The molecule has 1 heterocycles. The van der Waals surface area contributed by atoms with E-state index in [4.69, 9.17) is 5.26 Å². The fourth-order valence-electron chi connectivity index (χ4n) is 1.88. The summed E-state index contributed by atoms with van der Waals surface area (Å²) in [6, 6.07) is 8.71. The van der Waals surface area contributed by atoms with E-state index < -0.39 is 0 Å². The fourth-order valence-corrected chi connectivity index (χ4v) is 2.25. The number of rotatable bonds is 1. The number of nitriles is 1. The molecule has 0 aromatic heterocycles. The van der Waals surface area contributed by atoms with E-state index in [1.165, 1.54) is 11.3 Å². The minimum absolute atomic E-state index is 0.199. The van der Waals surface area contributed by atoms with Gasteiger partial charge in [0, 0.05) is 23.2 Å². The molecule has 0 N–H and O–H groups in total. The maximum absolute atomic E-state index is 8.84. The van der Waals surface area contributed by atoms with Crippen LogP contribution in [0.4, 0.5) is 5.69 Å². The van der Waals surface area contributed by atoms with Crippen LogP contribution in [0.15, 0.2) is 22.7 Å². The van der Waals surface area contributed by atoms with Crippen LogP contribution in [0, 0.1) is 24.2 Å². The van der Waals surface area contributed by atoms with Crippen LogP contribution in [-0.2, 0) is 0 Å². The average molecular weight is 265 g/mol. The van der Waals surface area contributed by atoms with Gasteiger partial charge in [0.15, 0.2) is 0 Å². The van der Waals surface area contributed by atoms with Crippen LogP contribution in [0.5, 0.6) is 0 Å². The highest BCUT2D eigenvalue weighted by Crippen LogP contribution is 2.27. The summed E-state index contributed by atoms with van der Waals surface area (Å²) < 4.78 is 1.14. The molecule has 2 rings (SSSR count). The lowest BCUT2D eigenvalue weighted by Gasteiger charge is -2.18. The highest BCUT2D eigenvalue weighted by atomic mass is 79.9. The summed E-state index contributed by atoms with van der Waals surface area (Å²) in [7, 11) is 0. The lowest BCUT2D eigenvalue weighted by atomic mass is 10.1. The van der Waals surface area contributed by atoms with Crippen LogP contribution in [0.1, 0.15) is 12.0 Å². The molecular formula is C12H13BrN2. The van der Waals surface area contributed by atoms with Gasteiger partial charge in [-0.15, -0.1) is 0 Å². The minimum Gasteiger partial charge on any atom is -0.370 e. The standard InChI is InChI=1S/C12H13BrN2/c1-9-2-3-11(6-12(9)13)15-5-4-10(7-14)8-15/h2-3,6,10H,4-5,8H2,1H3. The maximum atomic E-state index is 8.84. The van der Waals surface area contributed by atoms with E-state index in [0.717, 1.165) is 24.0 Å². The Morgan fingerprint density at radius 2 is 2.33 bits per heavy atom. The molecule has 1 aromatic rings. The number of benzene rings is 1. The van der Waals surface area contributed by atoms with Gasteiger partial charge in [-0.05, 0) is 31.0 Å². The van der Waals surface area contributed by atoms with Gasteiger partial charge >= 0.3 is 0 Å². The quantitative estimate of drug-likeness (QED) is 0.780. The zero-order chi connectivity index (χ0) is 10.8. The highest BCUT2D eigenvalue weighted by molar-refractivity contribution is 9.10. The molecule has 78 valence electrons. The van der Waals surface area contributed by atoms with E-state index in [0.29, 0.717) is 0 Å². The molecule has 0 bridgehead atoms. The number of nitrogens with zero attached hydrogens (tertiary/aromatic N) is 2. The molecule has 3 heteroatoms. The maximum Gasteiger partial charge on any atom is 0.0675 e. The number of anilines is 1. The molecule has 1 aromatic carbocycles. The number of hydrogen-bond acceptors (Lipinski definition) is 2. The van der Waals surface area contributed by atoms with Crippen LogP contribution in [-0.4, -0.2) is 13.1 Å². The van der Waals surface area contributed by atoms with E-state index >= 15 is 0 Å². The molecule has 1 fully saturated rings. The van der Waals surface area contributed by atoms with Gasteiger partial charge in [-0.1, -0.05) is 22.0 Å². The first kappa shape index (κ1) is 10.5. The first-order valence-electron chi connectivity index (χ1n) is 5.11. The summed E-state index contributed by atoms with van der Waals surface area (Å²) in [5, 5.41) is 8.84. The fraction of sp³-hybridized carbons (Fsp3) is 0.417. The van der Waals surface area contributed by atoms with Gasteiger partial charge in [0.1, 0.15) is 0 Å². The molecule has 1 aliphatic heterocycles. The Labute approximate surface area is 98.6 Å². The van der Waals surface area contributed by atoms with Crippen molar-refractivity contribution in [1.82, 2.24) is 0 Å². The van der Waals surface area contributed by atoms with Gasteiger partial charge in [0.25, 0.3) is 0 Å². The number of hydrogen-bond donors (Lipinski definition) is 0. The van der Waals surface area contributed by atoms with Crippen molar-refractivity contribution in [2.75, 3.05) is 18.0 Å². The lowest BCUT2D eigenvalue weighted by molar-refractivity contribution is 0.755. The van der Waals surface area contributed by atoms with Crippen LogP contribution in [0.3, 0.4) is 0 Å². The summed E-state index contributed by atoms with van der Waals surface area (Å²) in [6.07, 6.45) is 0.988. The Balaban J connectivity index is 2.18. The van der Waals surface area contributed by atoms with Crippen molar-refractivity contribution in [2.24, 2.45) is 5.92 Å². The molecule has 1 unspecified atom stereocenters. The van der Waals surface area contributed by atoms with Gasteiger partial charge in [-0.2, -0.15) is 5.26 Å². The van der Waals surface area contributed by atoms with Crippen molar-refractivity contribution in [2.45, 2.75) is 13.3 Å². The Kier molecular flexibility index (Phi) is 2.97. The summed E-state index contributed by atoms with van der Waals surface area (Å²) in [6.45, 7) is 3.94. The molecular weight excluding hydrogens is 252 g/mol. The third kappa shape index (κ3) is 2.15. The smallest absolute Gasteiger partial charge is 0.0675 e. The lowest BCUT2D eigenvalue weighted by Crippen LogP contribution is -2.19. The predicted molar refractivity (Wildman–Crippen MR) is 64.8 cm³/mol. The van der Waals surface area contributed by atoms with Crippen LogP contribution in [0.25, 0.3) is 0 Å². The van der Waals surface area contributed by atoms with E-state index in [1.807, 2.05) is 0 Å². The number of halogens is 1. The van der Waals surface area contributed by atoms with Crippen molar-refractivity contribution in [3.63, 3.8) is 0 Å². The number of aryl methyl sites for hydroxylation is 1. The summed E-state index contributed by atoms with van der Waals surface area (Å²) >= 11 is 3.53. The second-order valence-electron chi connectivity index (χ2n) is 3.99. The first-order chi connectivity index (χ1) is 7.20. The van der Waals surface area contributed by atoms with Crippen molar-refractivity contribution < 1.29 is 0 Å². The molecule has 0 aliphatic carbocycles. The van der Waals surface area contributed by atoms with E-state index in [1.54, 1.807) is 0 Å². The SMILES string of the molecule is Cc1ccc(N2CCC(C#N)C2)cc1Br. The molecule has 1 saturated heterocycles. The Hall–Kier alpha value is -1.01. The highest BCUT2D eigenvalue weighted by Gasteiger charge is 2.22. The second kappa shape index (κ2) is 4.24. The zero-order valence-corrected chi connectivity index (χ0v) is 10.3. The molecule has 1 aliphatic rings. The summed E-state index contributed by atoms with van der Waals surface area (Å²) in [5.74, 6) is 0.199.